The van der Waals surface area contributed by atoms with Gasteiger partial charge >= 0.3 is 0 Å². The third-order valence-corrected chi connectivity index (χ3v) is 5.63. The fraction of sp³-hybridized carbons (Fsp3) is 0.261. The van der Waals surface area contributed by atoms with E-state index in [1.54, 1.807) is 0 Å². The first-order chi connectivity index (χ1) is 13.1. The van der Waals surface area contributed by atoms with Gasteiger partial charge in [-0.2, -0.15) is 0 Å². The fourth-order valence-electron chi connectivity index (χ4n) is 4.04. The van der Waals surface area contributed by atoms with Crippen LogP contribution < -0.4 is 0 Å². The summed E-state index contributed by atoms with van der Waals surface area (Å²) in [4.78, 5) is 22.2. The van der Waals surface area contributed by atoms with Crippen LogP contribution in [0.2, 0.25) is 0 Å². The highest BCUT2D eigenvalue weighted by Gasteiger charge is 2.28. The van der Waals surface area contributed by atoms with Gasteiger partial charge in [0.2, 0.25) is 5.78 Å². The Morgan fingerprint density at radius 1 is 1.00 bits per heavy atom. The summed E-state index contributed by atoms with van der Waals surface area (Å²) in [5, 5.41) is 0. The van der Waals surface area contributed by atoms with Crippen LogP contribution >= 0.6 is 0 Å². The van der Waals surface area contributed by atoms with E-state index >= 15 is 0 Å². The summed E-state index contributed by atoms with van der Waals surface area (Å²) in [6.45, 7) is 4.39. The summed E-state index contributed by atoms with van der Waals surface area (Å²) in [5.41, 5.74) is 6.04. The summed E-state index contributed by atoms with van der Waals surface area (Å²) in [7, 11) is 0. The Morgan fingerprint density at radius 3 is 2.56 bits per heavy atom. The molecular weight excluding hydrogens is 334 g/mol. The molecule has 0 aliphatic heterocycles. The van der Waals surface area contributed by atoms with E-state index < -0.39 is 0 Å². The SMILES string of the molecule is CC(C)c1ccc([C@@H]2CC(=O)c3cn4c(nc3C2)nc2ccccc24)cc1. The number of fused-ring (bicyclic) bond motifs is 4. The molecule has 2 aromatic carbocycles. The number of carbonyl (C=O) groups excluding carboxylic acids is 1. The maximum atomic E-state index is 12.9. The van der Waals surface area contributed by atoms with Crippen molar-refractivity contribution in [1.82, 2.24) is 14.4 Å². The van der Waals surface area contributed by atoms with E-state index in [4.69, 9.17) is 4.98 Å². The first-order valence-electron chi connectivity index (χ1n) is 9.50. The third-order valence-electron chi connectivity index (χ3n) is 5.63. The Bertz CT molecular complexity index is 1170. The zero-order valence-electron chi connectivity index (χ0n) is 15.5. The van der Waals surface area contributed by atoms with E-state index in [0.717, 1.165) is 28.7 Å². The molecule has 2 aromatic heterocycles. The van der Waals surface area contributed by atoms with E-state index in [2.05, 4.69) is 43.1 Å². The molecule has 0 unspecified atom stereocenters. The highest BCUT2D eigenvalue weighted by Crippen LogP contribution is 2.33. The van der Waals surface area contributed by atoms with Crippen LogP contribution in [0.15, 0.2) is 54.7 Å². The first-order valence-corrected chi connectivity index (χ1v) is 9.50. The van der Waals surface area contributed by atoms with Gasteiger partial charge in [0.1, 0.15) is 0 Å². The molecule has 4 heteroatoms. The third kappa shape index (κ3) is 2.64. The first kappa shape index (κ1) is 16.2. The lowest BCUT2D eigenvalue weighted by atomic mass is 9.81. The Hall–Kier alpha value is -3.01. The van der Waals surface area contributed by atoms with Crippen LogP contribution in [0.5, 0.6) is 0 Å². The van der Waals surface area contributed by atoms with Crippen molar-refractivity contribution in [3.8, 4) is 0 Å². The molecule has 1 aliphatic carbocycles. The van der Waals surface area contributed by atoms with Crippen LogP contribution in [0.4, 0.5) is 0 Å². The van der Waals surface area contributed by atoms with Crippen LogP contribution in [0.1, 0.15) is 59.3 Å². The number of Topliss-reactive ketones (excluding diaryl/α,β-unsaturated/α-hetero) is 1. The molecule has 0 bridgehead atoms. The zero-order valence-corrected chi connectivity index (χ0v) is 15.5. The standard InChI is InChI=1S/C23H21N3O/c1-14(2)15-7-9-16(10-8-15)17-11-20-18(22(27)12-17)13-26-21-6-4-3-5-19(21)24-23(26)25-20/h3-10,13-14,17H,11-12H2,1-2H3/t17-/m0/s1. The number of hydrogen-bond donors (Lipinski definition) is 0. The number of benzene rings is 2. The lowest BCUT2D eigenvalue weighted by Gasteiger charge is -2.23. The summed E-state index contributed by atoms with van der Waals surface area (Å²) >= 11 is 0. The monoisotopic (exact) mass is 355 g/mol. The van der Waals surface area contributed by atoms with Crippen molar-refractivity contribution in [1.29, 1.82) is 0 Å². The molecule has 0 radical (unpaired) electrons. The second-order valence-electron chi connectivity index (χ2n) is 7.72. The molecule has 0 fully saturated rings. The molecule has 4 aromatic rings. The summed E-state index contributed by atoms with van der Waals surface area (Å²) in [6, 6.07) is 16.6. The minimum Gasteiger partial charge on any atom is -0.294 e. The van der Waals surface area contributed by atoms with E-state index in [1.165, 1.54) is 11.1 Å². The number of ketones is 1. The molecule has 4 nitrogen and oxygen atoms in total. The number of aromatic nitrogens is 3. The number of rotatable bonds is 2. The van der Waals surface area contributed by atoms with Crippen LogP contribution in [-0.2, 0) is 6.42 Å². The second kappa shape index (κ2) is 6.02. The van der Waals surface area contributed by atoms with E-state index in [0.29, 0.717) is 18.1 Å². The Morgan fingerprint density at radius 2 is 1.78 bits per heavy atom. The fourth-order valence-corrected chi connectivity index (χ4v) is 4.04. The van der Waals surface area contributed by atoms with Crippen LogP contribution in [0.25, 0.3) is 16.8 Å². The largest absolute Gasteiger partial charge is 0.294 e. The average molecular weight is 355 g/mol. The maximum Gasteiger partial charge on any atom is 0.235 e. The van der Waals surface area contributed by atoms with Crippen molar-refractivity contribution in [3.63, 3.8) is 0 Å². The molecule has 0 N–H and O–H groups in total. The van der Waals surface area contributed by atoms with Crippen LogP contribution in [0, 0.1) is 0 Å². The van der Waals surface area contributed by atoms with Gasteiger partial charge in [0.25, 0.3) is 0 Å². The van der Waals surface area contributed by atoms with Crippen molar-refractivity contribution >= 4 is 22.6 Å². The maximum absolute atomic E-state index is 12.9. The Labute approximate surface area is 157 Å². The molecule has 1 atom stereocenters. The molecule has 0 spiro atoms. The normalized spacial score (nSPS) is 17.0. The highest BCUT2D eigenvalue weighted by molar-refractivity contribution is 5.99. The number of imidazole rings is 1. The van der Waals surface area contributed by atoms with Gasteiger partial charge in [-0.1, -0.05) is 50.2 Å². The van der Waals surface area contributed by atoms with Crippen molar-refractivity contribution in [2.75, 3.05) is 0 Å². The summed E-state index contributed by atoms with van der Waals surface area (Å²) in [6.07, 6.45) is 3.24. The lowest BCUT2D eigenvalue weighted by molar-refractivity contribution is 0.0962. The molecule has 5 rings (SSSR count). The summed E-state index contributed by atoms with van der Waals surface area (Å²) < 4.78 is 1.93. The highest BCUT2D eigenvalue weighted by atomic mass is 16.1. The molecular formula is C23H21N3O. The molecule has 0 amide bonds. The summed E-state index contributed by atoms with van der Waals surface area (Å²) in [5.74, 6) is 1.53. The Kier molecular flexibility index (Phi) is 3.61. The predicted molar refractivity (Wildman–Crippen MR) is 106 cm³/mol. The zero-order chi connectivity index (χ0) is 18.5. The number of carbonyl (C=O) groups is 1. The second-order valence-corrected chi connectivity index (χ2v) is 7.72. The molecule has 27 heavy (non-hydrogen) atoms. The molecule has 0 saturated carbocycles. The van der Waals surface area contributed by atoms with Crippen LogP contribution in [0.3, 0.4) is 0 Å². The van der Waals surface area contributed by atoms with Gasteiger partial charge in [0, 0.05) is 12.6 Å². The molecule has 0 saturated heterocycles. The molecule has 1 aliphatic rings. The average Bonchev–Trinajstić information content (AvgIpc) is 3.04. The van der Waals surface area contributed by atoms with E-state index in [-0.39, 0.29) is 11.7 Å². The number of nitrogens with zero attached hydrogens (tertiary/aromatic N) is 3. The van der Waals surface area contributed by atoms with Crippen molar-refractivity contribution in [3.05, 3.63) is 77.1 Å². The van der Waals surface area contributed by atoms with Gasteiger partial charge < -0.3 is 0 Å². The van der Waals surface area contributed by atoms with Gasteiger partial charge in [-0.25, -0.2) is 9.97 Å². The van der Waals surface area contributed by atoms with Gasteiger partial charge in [0.05, 0.1) is 22.3 Å². The predicted octanol–water partition coefficient (Wildman–Crippen LogP) is 4.92. The minimum atomic E-state index is 0.168. The van der Waals surface area contributed by atoms with Gasteiger partial charge in [-0.05, 0) is 41.5 Å². The lowest BCUT2D eigenvalue weighted by Crippen LogP contribution is -2.21. The Balaban J connectivity index is 1.56. The van der Waals surface area contributed by atoms with E-state index in [9.17, 15) is 4.79 Å². The quantitative estimate of drug-likeness (QED) is 0.513. The van der Waals surface area contributed by atoms with Crippen molar-refractivity contribution in [2.45, 2.75) is 38.5 Å². The number of para-hydroxylation sites is 2. The van der Waals surface area contributed by atoms with Gasteiger partial charge in [-0.3, -0.25) is 9.20 Å². The minimum absolute atomic E-state index is 0.168. The number of hydrogen-bond acceptors (Lipinski definition) is 3. The van der Waals surface area contributed by atoms with Gasteiger partial charge in [0.15, 0.2) is 5.78 Å². The van der Waals surface area contributed by atoms with Crippen molar-refractivity contribution in [2.24, 2.45) is 0 Å². The smallest absolute Gasteiger partial charge is 0.235 e. The van der Waals surface area contributed by atoms with Crippen LogP contribution in [-0.4, -0.2) is 20.2 Å². The molecule has 2 heterocycles. The van der Waals surface area contributed by atoms with Crippen molar-refractivity contribution < 1.29 is 4.79 Å². The van der Waals surface area contributed by atoms with E-state index in [1.807, 2.05) is 34.9 Å². The molecule has 134 valence electrons. The topological polar surface area (TPSA) is 47.3 Å². The van der Waals surface area contributed by atoms with Gasteiger partial charge in [-0.15, -0.1) is 0 Å².